The van der Waals surface area contributed by atoms with Crippen molar-refractivity contribution < 1.29 is 0 Å². The predicted molar refractivity (Wildman–Crippen MR) is 77.3 cm³/mol. The van der Waals surface area contributed by atoms with Gasteiger partial charge in [0.15, 0.2) is 0 Å². The molecule has 0 aliphatic carbocycles. The molecule has 0 bridgehead atoms. The third-order valence-corrected chi connectivity index (χ3v) is 4.16. The molecule has 3 N–H and O–H groups in total. The molecule has 0 amide bonds. The van der Waals surface area contributed by atoms with Crippen molar-refractivity contribution in [1.29, 1.82) is 0 Å². The van der Waals surface area contributed by atoms with Gasteiger partial charge in [-0.1, -0.05) is 56.9 Å². The van der Waals surface area contributed by atoms with Crippen LogP contribution in [0.25, 0.3) is 0 Å². The number of nitrogens with zero attached hydrogens (tertiary/aromatic N) is 2. The molecule has 5 heteroatoms. The van der Waals surface area contributed by atoms with Crippen molar-refractivity contribution in [2.45, 2.75) is 71.3 Å². The highest BCUT2D eigenvalue weighted by Gasteiger charge is 2.16. The second-order valence-electron chi connectivity index (χ2n) is 4.71. The summed E-state index contributed by atoms with van der Waals surface area (Å²) in [5, 5.41) is 4.15. The van der Waals surface area contributed by atoms with Gasteiger partial charge < -0.3 is 0 Å². The monoisotopic (exact) mass is 270 g/mol. The number of nitrogens with two attached hydrogens (primary N) is 1. The number of aromatic nitrogens is 2. The molecule has 1 unspecified atom stereocenters. The van der Waals surface area contributed by atoms with Crippen LogP contribution in [0.4, 0.5) is 0 Å². The molecule has 0 saturated carbocycles. The first-order valence-electron chi connectivity index (χ1n) is 7.10. The molecule has 104 valence electrons. The lowest BCUT2D eigenvalue weighted by atomic mass is 10.0. The molecular weight excluding hydrogens is 244 g/mol. The summed E-state index contributed by atoms with van der Waals surface area (Å²) in [5.74, 6) is 5.65. The minimum atomic E-state index is 0.228. The Morgan fingerprint density at radius 2 is 1.89 bits per heavy atom. The smallest absolute Gasteiger partial charge is 0.0801 e. The molecule has 1 aromatic rings. The fourth-order valence-corrected chi connectivity index (χ4v) is 2.98. The van der Waals surface area contributed by atoms with Gasteiger partial charge >= 0.3 is 0 Å². The lowest BCUT2D eigenvalue weighted by Gasteiger charge is -2.14. The third kappa shape index (κ3) is 5.00. The van der Waals surface area contributed by atoms with Crippen LogP contribution in [0, 0.1) is 0 Å². The second kappa shape index (κ2) is 9.42. The first kappa shape index (κ1) is 15.5. The van der Waals surface area contributed by atoms with Gasteiger partial charge in [0.05, 0.1) is 16.6 Å². The van der Waals surface area contributed by atoms with Crippen LogP contribution in [0.2, 0.25) is 0 Å². The Balaban J connectivity index is 2.29. The van der Waals surface area contributed by atoms with Gasteiger partial charge in [-0.15, -0.1) is 5.10 Å². The highest BCUT2D eigenvalue weighted by molar-refractivity contribution is 7.05. The first-order chi connectivity index (χ1) is 8.83. The van der Waals surface area contributed by atoms with Crippen LogP contribution in [-0.4, -0.2) is 9.59 Å². The van der Waals surface area contributed by atoms with Gasteiger partial charge in [0.1, 0.15) is 0 Å². The molecule has 1 heterocycles. The third-order valence-electron chi connectivity index (χ3n) is 3.28. The van der Waals surface area contributed by atoms with Crippen LogP contribution in [0.1, 0.15) is 75.4 Å². The fourth-order valence-electron chi connectivity index (χ4n) is 2.14. The van der Waals surface area contributed by atoms with Crippen LogP contribution in [0.3, 0.4) is 0 Å². The maximum atomic E-state index is 5.65. The summed E-state index contributed by atoms with van der Waals surface area (Å²) in [7, 11) is 0. The topological polar surface area (TPSA) is 63.8 Å². The molecule has 0 saturated heterocycles. The van der Waals surface area contributed by atoms with Crippen LogP contribution in [-0.2, 0) is 6.42 Å². The Labute approximate surface area is 114 Å². The van der Waals surface area contributed by atoms with E-state index in [-0.39, 0.29) is 6.04 Å². The molecule has 18 heavy (non-hydrogen) atoms. The van der Waals surface area contributed by atoms with Crippen LogP contribution < -0.4 is 11.3 Å². The maximum absolute atomic E-state index is 5.65. The molecule has 0 fully saturated rings. The zero-order valence-corrected chi connectivity index (χ0v) is 12.4. The largest absolute Gasteiger partial charge is 0.271 e. The van der Waals surface area contributed by atoms with Crippen molar-refractivity contribution in [3.8, 4) is 0 Å². The van der Waals surface area contributed by atoms with Crippen molar-refractivity contribution in [1.82, 2.24) is 15.0 Å². The summed E-state index contributed by atoms with van der Waals surface area (Å²) < 4.78 is 4.03. The number of nitrogens with one attached hydrogen (secondary N) is 1. The van der Waals surface area contributed by atoms with Gasteiger partial charge in [-0.3, -0.25) is 11.3 Å². The normalized spacial score (nSPS) is 12.8. The number of rotatable bonds is 10. The number of hydrogen-bond acceptors (Lipinski definition) is 5. The van der Waals surface area contributed by atoms with Gasteiger partial charge in [-0.05, 0) is 24.4 Å². The molecular formula is C13H26N4S. The molecule has 4 nitrogen and oxygen atoms in total. The van der Waals surface area contributed by atoms with E-state index in [9.17, 15) is 0 Å². The standard InChI is InChI=1S/C13H26N4S/c1-3-5-6-7-8-9-10-12(15-14)13-11(4-2)16-17-18-13/h12,15H,3-10,14H2,1-2H3. The zero-order chi connectivity index (χ0) is 13.2. The molecule has 0 aromatic carbocycles. The Hall–Kier alpha value is -0.520. The Bertz CT molecular complexity index is 314. The number of hydrazine groups is 1. The van der Waals surface area contributed by atoms with Gasteiger partial charge in [-0.25, -0.2) is 0 Å². The summed E-state index contributed by atoms with van der Waals surface area (Å²) in [4.78, 5) is 1.22. The van der Waals surface area contributed by atoms with Crippen molar-refractivity contribution in [3.63, 3.8) is 0 Å². The molecule has 0 spiro atoms. The maximum Gasteiger partial charge on any atom is 0.0801 e. The minimum absolute atomic E-state index is 0.228. The van der Waals surface area contributed by atoms with Gasteiger partial charge in [0.2, 0.25) is 0 Å². The summed E-state index contributed by atoms with van der Waals surface area (Å²) in [6.45, 7) is 4.36. The van der Waals surface area contributed by atoms with Crippen molar-refractivity contribution in [2.24, 2.45) is 5.84 Å². The van der Waals surface area contributed by atoms with Gasteiger partial charge in [0.25, 0.3) is 0 Å². The SMILES string of the molecule is CCCCCCCCC(NN)c1snnc1CC. The molecule has 0 aliphatic rings. The Morgan fingerprint density at radius 3 is 2.56 bits per heavy atom. The predicted octanol–water partition coefficient (Wildman–Crippen LogP) is 3.36. The average molecular weight is 270 g/mol. The molecule has 1 rings (SSSR count). The Morgan fingerprint density at radius 1 is 1.17 bits per heavy atom. The van der Waals surface area contributed by atoms with E-state index in [0.717, 1.165) is 18.5 Å². The fraction of sp³-hybridized carbons (Fsp3) is 0.846. The summed E-state index contributed by atoms with van der Waals surface area (Å²) in [6.07, 6.45) is 9.90. The lowest BCUT2D eigenvalue weighted by Crippen LogP contribution is -2.28. The molecule has 0 radical (unpaired) electrons. The van der Waals surface area contributed by atoms with Gasteiger partial charge in [-0.2, -0.15) is 0 Å². The van der Waals surface area contributed by atoms with E-state index in [4.69, 9.17) is 5.84 Å². The second-order valence-corrected chi connectivity index (χ2v) is 5.50. The number of unbranched alkanes of at least 4 members (excludes halogenated alkanes) is 5. The minimum Gasteiger partial charge on any atom is -0.271 e. The summed E-state index contributed by atoms with van der Waals surface area (Å²) in [6, 6.07) is 0.228. The Kier molecular flexibility index (Phi) is 8.13. The zero-order valence-electron chi connectivity index (χ0n) is 11.6. The van der Waals surface area contributed by atoms with E-state index in [1.807, 2.05) is 0 Å². The van der Waals surface area contributed by atoms with Crippen LogP contribution in [0.5, 0.6) is 0 Å². The molecule has 1 atom stereocenters. The van der Waals surface area contributed by atoms with E-state index >= 15 is 0 Å². The van der Waals surface area contributed by atoms with Crippen LogP contribution >= 0.6 is 11.5 Å². The van der Waals surface area contributed by atoms with E-state index in [1.54, 1.807) is 0 Å². The van der Waals surface area contributed by atoms with Crippen LogP contribution in [0.15, 0.2) is 0 Å². The highest BCUT2D eigenvalue weighted by Crippen LogP contribution is 2.25. The summed E-state index contributed by atoms with van der Waals surface area (Å²) >= 11 is 1.48. The van der Waals surface area contributed by atoms with Crippen molar-refractivity contribution in [2.75, 3.05) is 0 Å². The number of aryl methyl sites for hydroxylation is 1. The molecule has 1 aromatic heterocycles. The van der Waals surface area contributed by atoms with E-state index in [2.05, 4.69) is 28.9 Å². The van der Waals surface area contributed by atoms with E-state index < -0.39 is 0 Å². The number of hydrogen-bond donors (Lipinski definition) is 2. The van der Waals surface area contributed by atoms with E-state index in [0.29, 0.717) is 0 Å². The quantitative estimate of drug-likeness (QED) is 0.389. The average Bonchev–Trinajstić information content (AvgIpc) is 2.86. The summed E-state index contributed by atoms with van der Waals surface area (Å²) in [5.41, 5.74) is 4.00. The lowest BCUT2D eigenvalue weighted by molar-refractivity contribution is 0.479. The first-order valence-corrected chi connectivity index (χ1v) is 7.88. The van der Waals surface area contributed by atoms with E-state index in [1.165, 1.54) is 54.9 Å². The van der Waals surface area contributed by atoms with Gasteiger partial charge in [0, 0.05) is 0 Å². The van der Waals surface area contributed by atoms with Crippen molar-refractivity contribution in [3.05, 3.63) is 10.6 Å². The highest BCUT2D eigenvalue weighted by atomic mass is 32.1. The molecule has 0 aliphatic heterocycles. The van der Waals surface area contributed by atoms with Crippen molar-refractivity contribution >= 4 is 11.5 Å².